The van der Waals surface area contributed by atoms with Crippen LogP contribution in [0.25, 0.3) is 0 Å². The minimum absolute atomic E-state index is 0.0707. The summed E-state index contributed by atoms with van der Waals surface area (Å²) in [5.41, 5.74) is 1.07. The first-order chi connectivity index (χ1) is 16.0. The number of hydrogen-bond donors (Lipinski definition) is 0. The third kappa shape index (κ3) is 6.28. The van der Waals surface area contributed by atoms with E-state index in [1.54, 1.807) is 23.5 Å². The molecule has 0 spiro atoms. The van der Waals surface area contributed by atoms with Gasteiger partial charge in [0.25, 0.3) is 0 Å². The van der Waals surface area contributed by atoms with Gasteiger partial charge in [-0.25, -0.2) is 13.4 Å². The highest BCUT2D eigenvalue weighted by molar-refractivity contribution is 7.99. The molecule has 1 aromatic carbocycles. The average molecular weight is 490 g/mol. The van der Waals surface area contributed by atoms with Gasteiger partial charge in [-0.3, -0.25) is 4.79 Å². The predicted octanol–water partition coefficient (Wildman–Crippen LogP) is 3.94. The summed E-state index contributed by atoms with van der Waals surface area (Å²) in [6.07, 6.45) is 7.44. The molecule has 1 aromatic heterocycles. The van der Waals surface area contributed by atoms with Crippen molar-refractivity contribution in [1.29, 1.82) is 0 Å². The summed E-state index contributed by atoms with van der Waals surface area (Å²) in [5, 5.41) is 0.651. The van der Waals surface area contributed by atoms with E-state index in [1.165, 1.54) is 18.0 Å². The molecule has 2 aromatic rings. The molecule has 178 valence electrons. The van der Waals surface area contributed by atoms with Gasteiger partial charge in [0, 0.05) is 31.9 Å². The lowest BCUT2D eigenvalue weighted by Crippen LogP contribution is -2.34. The van der Waals surface area contributed by atoms with Gasteiger partial charge in [-0.2, -0.15) is 4.31 Å². The van der Waals surface area contributed by atoms with Gasteiger partial charge >= 0.3 is 0 Å². The van der Waals surface area contributed by atoms with E-state index in [4.69, 9.17) is 4.74 Å². The van der Waals surface area contributed by atoms with Crippen molar-refractivity contribution in [2.75, 3.05) is 26.0 Å². The maximum Gasteiger partial charge on any atom is 0.244 e. The Hall–Kier alpha value is -2.10. The number of hydrogen-bond acceptors (Lipinski definition) is 6. The number of benzene rings is 1. The van der Waals surface area contributed by atoms with Gasteiger partial charge in [0.2, 0.25) is 15.9 Å². The number of amides is 1. The number of carbonyl (C=O) groups excluding carboxylic acids is 1. The molecule has 0 N–H and O–H groups in total. The van der Waals surface area contributed by atoms with Crippen LogP contribution in [0.3, 0.4) is 0 Å². The first kappa shape index (κ1) is 24.0. The molecule has 2 aliphatic rings. The minimum Gasteiger partial charge on any atom is -0.497 e. The van der Waals surface area contributed by atoms with E-state index >= 15 is 0 Å². The Bertz CT molecular complexity index is 1030. The monoisotopic (exact) mass is 489 g/mol. The summed E-state index contributed by atoms with van der Waals surface area (Å²) in [6.45, 7) is 1.71. The first-order valence-corrected chi connectivity index (χ1v) is 13.9. The normalized spacial score (nSPS) is 17.4. The molecule has 0 bridgehead atoms. The molecule has 0 atom stereocenters. The second-order valence-corrected chi connectivity index (χ2v) is 11.5. The summed E-state index contributed by atoms with van der Waals surface area (Å²) >= 11 is 1.35. The van der Waals surface area contributed by atoms with Gasteiger partial charge < -0.3 is 9.64 Å². The third-order valence-corrected chi connectivity index (χ3v) is 8.89. The maximum absolute atomic E-state index is 12.9. The zero-order chi connectivity index (χ0) is 23.3. The standard InChI is InChI=1S/C24H31N3O4S2/c1-31-21-10-6-19(7-11-21)17-27(20-8-9-20)24(28)18-32-23-13-12-22(16-25-23)33(29,30)26-14-4-2-3-5-15-26/h6-7,10-13,16,20H,2-5,8-9,14-15,17-18H2,1H3. The molecule has 1 aliphatic heterocycles. The number of carbonyl (C=O) groups is 1. The fraction of sp³-hybridized carbons (Fsp3) is 0.500. The van der Waals surface area contributed by atoms with Crippen LogP contribution in [0, 0.1) is 0 Å². The molecule has 9 heteroatoms. The molecule has 7 nitrogen and oxygen atoms in total. The number of sulfonamides is 1. The average Bonchev–Trinajstić information content (AvgIpc) is 3.69. The van der Waals surface area contributed by atoms with Crippen molar-refractivity contribution in [3.8, 4) is 5.75 Å². The zero-order valence-electron chi connectivity index (χ0n) is 19.0. The smallest absolute Gasteiger partial charge is 0.244 e. The molecule has 0 unspecified atom stereocenters. The van der Waals surface area contributed by atoms with Crippen molar-refractivity contribution in [2.45, 2.75) is 61.0 Å². The van der Waals surface area contributed by atoms with Gasteiger partial charge in [-0.1, -0.05) is 36.7 Å². The van der Waals surface area contributed by atoms with Crippen molar-refractivity contribution in [2.24, 2.45) is 0 Å². The largest absolute Gasteiger partial charge is 0.497 e. The Morgan fingerprint density at radius 3 is 2.36 bits per heavy atom. The summed E-state index contributed by atoms with van der Waals surface area (Å²) in [7, 11) is -1.88. The Morgan fingerprint density at radius 1 is 1.09 bits per heavy atom. The molecular formula is C24H31N3O4S2. The van der Waals surface area contributed by atoms with Crippen LogP contribution >= 0.6 is 11.8 Å². The van der Waals surface area contributed by atoms with Crippen molar-refractivity contribution in [3.05, 3.63) is 48.2 Å². The SMILES string of the molecule is COc1ccc(CN(C(=O)CSc2ccc(S(=O)(=O)N3CCCCCC3)cn2)C2CC2)cc1. The van der Waals surface area contributed by atoms with E-state index in [-0.39, 0.29) is 16.6 Å². The van der Waals surface area contributed by atoms with E-state index in [9.17, 15) is 13.2 Å². The molecule has 1 saturated carbocycles. The first-order valence-electron chi connectivity index (χ1n) is 11.5. The quantitative estimate of drug-likeness (QED) is 0.497. The highest BCUT2D eigenvalue weighted by Crippen LogP contribution is 2.30. The van der Waals surface area contributed by atoms with Crippen LogP contribution in [0.15, 0.2) is 52.5 Å². The second kappa shape index (κ2) is 10.9. The maximum atomic E-state index is 12.9. The lowest BCUT2D eigenvalue weighted by molar-refractivity contribution is -0.129. The van der Waals surface area contributed by atoms with Crippen molar-refractivity contribution >= 4 is 27.7 Å². The lowest BCUT2D eigenvalue weighted by Gasteiger charge is -2.22. The second-order valence-electron chi connectivity index (χ2n) is 8.54. The van der Waals surface area contributed by atoms with Gasteiger partial charge in [0.1, 0.15) is 10.6 Å². The number of pyridine rings is 1. The van der Waals surface area contributed by atoms with Crippen molar-refractivity contribution in [3.63, 3.8) is 0 Å². The van der Waals surface area contributed by atoms with Crippen LogP contribution in [0.1, 0.15) is 44.1 Å². The fourth-order valence-electron chi connectivity index (χ4n) is 3.99. The summed E-state index contributed by atoms with van der Waals surface area (Å²) in [4.78, 5) is 19.4. The van der Waals surface area contributed by atoms with Crippen molar-refractivity contribution < 1.29 is 17.9 Å². The van der Waals surface area contributed by atoms with Crippen LogP contribution in [0.4, 0.5) is 0 Å². The Morgan fingerprint density at radius 2 is 1.79 bits per heavy atom. The summed E-state index contributed by atoms with van der Waals surface area (Å²) in [5.74, 6) is 1.14. The van der Waals surface area contributed by atoms with E-state index < -0.39 is 10.0 Å². The Balaban J connectivity index is 1.35. The Kier molecular flexibility index (Phi) is 7.93. The molecule has 1 aliphatic carbocycles. The van der Waals surface area contributed by atoms with Crippen LogP contribution in [-0.4, -0.2) is 60.5 Å². The summed E-state index contributed by atoms with van der Waals surface area (Å²) < 4.78 is 32.6. The molecular weight excluding hydrogens is 458 g/mol. The highest BCUT2D eigenvalue weighted by Gasteiger charge is 2.32. The van der Waals surface area contributed by atoms with Crippen LogP contribution in [0.2, 0.25) is 0 Å². The Labute approximate surface area is 200 Å². The highest BCUT2D eigenvalue weighted by atomic mass is 32.2. The minimum atomic E-state index is -3.51. The molecule has 2 fully saturated rings. The number of methoxy groups -OCH3 is 1. The van der Waals surface area contributed by atoms with Crippen LogP contribution in [0.5, 0.6) is 5.75 Å². The number of aromatic nitrogens is 1. The number of nitrogens with zero attached hydrogens (tertiary/aromatic N) is 3. The van der Waals surface area contributed by atoms with E-state index in [0.29, 0.717) is 30.7 Å². The van der Waals surface area contributed by atoms with Gasteiger partial charge in [-0.15, -0.1) is 0 Å². The van der Waals surface area contributed by atoms with Crippen LogP contribution < -0.4 is 4.74 Å². The van der Waals surface area contributed by atoms with Gasteiger partial charge in [0.05, 0.1) is 17.9 Å². The van der Waals surface area contributed by atoms with Crippen LogP contribution in [-0.2, 0) is 21.4 Å². The molecule has 0 radical (unpaired) electrons. The number of rotatable bonds is 9. The van der Waals surface area contributed by atoms with E-state index in [0.717, 1.165) is 49.8 Å². The number of thioether (sulfide) groups is 1. The molecule has 1 saturated heterocycles. The van der Waals surface area contributed by atoms with Crippen molar-refractivity contribution in [1.82, 2.24) is 14.2 Å². The zero-order valence-corrected chi connectivity index (χ0v) is 20.6. The molecule has 2 heterocycles. The van der Waals surface area contributed by atoms with E-state index in [2.05, 4.69) is 4.98 Å². The topological polar surface area (TPSA) is 79.8 Å². The summed E-state index contributed by atoms with van der Waals surface area (Å²) in [6, 6.07) is 11.4. The fourth-order valence-corrected chi connectivity index (χ4v) is 6.18. The molecule has 1 amide bonds. The third-order valence-electron chi connectivity index (χ3n) is 6.08. The van der Waals surface area contributed by atoms with Gasteiger partial charge in [-0.05, 0) is 55.5 Å². The van der Waals surface area contributed by atoms with Gasteiger partial charge in [0.15, 0.2) is 0 Å². The molecule has 33 heavy (non-hydrogen) atoms. The lowest BCUT2D eigenvalue weighted by atomic mass is 10.2. The number of ether oxygens (including phenoxy) is 1. The predicted molar refractivity (Wildman–Crippen MR) is 129 cm³/mol. The molecule has 4 rings (SSSR count). The van der Waals surface area contributed by atoms with E-state index in [1.807, 2.05) is 29.2 Å².